The van der Waals surface area contributed by atoms with Crippen LogP contribution < -0.4 is 10.6 Å². The fraction of sp³-hybridized carbons (Fsp3) is 0.667. The first kappa shape index (κ1) is 27.4. The van der Waals surface area contributed by atoms with Gasteiger partial charge in [-0.2, -0.15) is 0 Å². The fourth-order valence-electron chi connectivity index (χ4n) is 3.70. The standard InChI is InChI=1S/C24H42N4O4/c1-23(2,11-9-13-25-21(31)27(5)6)17-15-20(30)18(16-19(17)29)24(3,4)12-10-14-26-22(32)28(7)8/h15-16,29-30H,9-14H2,1-8H3,(H,25,31)(H,26,32). The van der Waals surface area contributed by atoms with Gasteiger partial charge in [-0.25, -0.2) is 9.59 Å². The number of nitrogens with one attached hydrogen (secondary N) is 2. The Bertz CT molecular complexity index is 723. The van der Waals surface area contributed by atoms with Crippen molar-refractivity contribution >= 4 is 12.1 Å². The number of carbonyl (C=O) groups is 2. The molecule has 0 fully saturated rings. The van der Waals surface area contributed by atoms with E-state index in [-0.39, 0.29) is 34.4 Å². The Balaban J connectivity index is 2.81. The van der Waals surface area contributed by atoms with Crippen molar-refractivity contribution < 1.29 is 19.8 Å². The molecule has 0 unspecified atom stereocenters. The van der Waals surface area contributed by atoms with Crippen LogP contribution in [0, 0.1) is 0 Å². The molecule has 0 saturated heterocycles. The molecule has 0 radical (unpaired) electrons. The van der Waals surface area contributed by atoms with E-state index in [1.807, 2.05) is 27.7 Å². The van der Waals surface area contributed by atoms with Crippen LogP contribution in [-0.2, 0) is 10.8 Å². The summed E-state index contributed by atoms with van der Waals surface area (Å²) in [5, 5.41) is 27.3. The molecule has 1 aromatic carbocycles. The van der Waals surface area contributed by atoms with Gasteiger partial charge in [0.25, 0.3) is 0 Å². The lowest BCUT2D eigenvalue weighted by Crippen LogP contribution is -2.35. The van der Waals surface area contributed by atoms with Crippen LogP contribution in [0.15, 0.2) is 12.1 Å². The molecule has 0 saturated carbocycles. The Hall–Kier alpha value is -2.64. The number of aromatic hydroxyl groups is 2. The third kappa shape index (κ3) is 7.80. The van der Waals surface area contributed by atoms with Crippen molar-refractivity contribution in [3.8, 4) is 11.5 Å². The van der Waals surface area contributed by atoms with Crippen LogP contribution in [0.2, 0.25) is 0 Å². The van der Waals surface area contributed by atoms with Crippen LogP contribution in [0.25, 0.3) is 0 Å². The van der Waals surface area contributed by atoms with Gasteiger partial charge in [0.2, 0.25) is 0 Å². The summed E-state index contributed by atoms with van der Waals surface area (Å²) >= 11 is 0. The van der Waals surface area contributed by atoms with Gasteiger partial charge in [-0.3, -0.25) is 0 Å². The normalized spacial score (nSPS) is 11.8. The number of phenols is 2. The maximum Gasteiger partial charge on any atom is 0.316 e. The first-order valence-corrected chi connectivity index (χ1v) is 11.2. The van der Waals surface area contributed by atoms with E-state index in [1.165, 1.54) is 9.80 Å². The quantitative estimate of drug-likeness (QED) is 0.322. The number of carbonyl (C=O) groups excluding carboxylic acids is 2. The minimum Gasteiger partial charge on any atom is -0.508 e. The van der Waals surface area contributed by atoms with Crippen LogP contribution in [0.1, 0.15) is 64.5 Å². The average molecular weight is 451 g/mol. The Morgan fingerprint density at radius 2 is 1.06 bits per heavy atom. The van der Waals surface area contributed by atoms with E-state index >= 15 is 0 Å². The topological polar surface area (TPSA) is 105 Å². The minimum absolute atomic E-state index is 0.129. The highest BCUT2D eigenvalue weighted by Crippen LogP contribution is 2.43. The lowest BCUT2D eigenvalue weighted by atomic mass is 9.75. The molecule has 182 valence electrons. The zero-order valence-electron chi connectivity index (χ0n) is 21.0. The molecular formula is C24H42N4O4. The fourth-order valence-corrected chi connectivity index (χ4v) is 3.70. The van der Waals surface area contributed by atoms with Crippen molar-refractivity contribution in [1.82, 2.24) is 20.4 Å². The van der Waals surface area contributed by atoms with Gasteiger partial charge in [-0.05, 0) is 48.6 Å². The molecule has 1 rings (SSSR count). The lowest BCUT2D eigenvalue weighted by Gasteiger charge is -2.30. The molecule has 0 spiro atoms. The third-order valence-corrected chi connectivity index (χ3v) is 5.89. The molecular weight excluding hydrogens is 408 g/mol. The van der Waals surface area contributed by atoms with E-state index < -0.39 is 0 Å². The van der Waals surface area contributed by atoms with E-state index in [0.717, 1.165) is 25.7 Å². The second kappa shape index (κ2) is 11.3. The summed E-state index contributed by atoms with van der Waals surface area (Å²) in [6.45, 7) is 9.17. The van der Waals surface area contributed by atoms with Crippen molar-refractivity contribution in [3.63, 3.8) is 0 Å². The second-order valence-electron chi connectivity index (χ2n) is 10.1. The van der Waals surface area contributed by atoms with Gasteiger partial charge in [0.05, 0.1) is 0 Å². The number of rotatable bonds is 10. The average Bonchev–Trinajstić information content (AvgIpc) is 2.69. The van der Waals surface area contributed by atoms with Crippen LogP contribution in [-0.4, -0.2) is 73.4 Å². The van der Waals surface area contributed by atoms with Gasteiger partial charge in [-0.1, -0.05) is 27.7 Å². The highest BCUT2D eigenvalue weighted by atomic mass is 16.3. The lowest BCUT2D eigenvalue weighted by molar-refractivity contribution is 0.216. The second-order valence-corrected chi connectivity index (χ2v) is 10.1. The largest absolute Gasteiger partial charge is 0.508 e. The van der Waals surface area contributed by atoms with E-state index in [0.29, 0.717) is 24.2 Å². The van der Waals surface area contributed by atoms with Crippen molar-refractivity contribution in [3.05, 3.63) is 23.3 Å². The van der Waals surface area contributed by atoms with Crippen molar-refractivity contribution in [2.45, 2.75) is 64.2 Å². The van der Waals surface area contributed by atoms with Crippen LogP contribution in [0.5, 0.6) is 11.5 Å². The maximum absolute atomic E-state index is 11.6. The number of hydrogen-bond acceptors (Lipinski definition) is 4. The van der Waals surface area contributed by atoms with Gasteiger partial charge in [0.1, 0.15) is 11.5 Å². The maximum atomic E-state index is 11.6. The Morgan fingerprint density at radius 1 is 0.750 bits per heavy atom. The summed E-state index contributed by atoms with van der Waals surface area (Å²) in [5.74, 6) is 0.322. The number of amides is 4. The predicted octanol–water partition coefficient (Wildman–Crippen LogP) is 3.76. The van der Waals surface area contributed by atoms with E-state index in [9.17, 15) is 19.8 Å². The molecule has 4 N–H and O–H groups in total. The highest BCUT2D eigenvalue weighted by molar-refractivity contribution is 5.73. The summed E-state index contributed by atoms with van der Waals surface area (Å²) in [4.78, 5) is 26.3. The van der Waals surface area contributed by atoms with Gasteiger partial charge >= 0.3 is 12.1 Å². The number of phenolic OH excluding ortho intramolecular Hbond substituents is 2. The monoisotopic (exact) mass is 450 g/mol. The van der Waals surface area contributed by atoms with Crippen LogP contribution >= 0.6 is 0 Å². The van der Waals surface area contributed by atoms with Crippen molar-refractivity contribution in [1.29, 1.82) is 0 Å². The van der Waals surface area contributed by atoms with Gasteiger partial charge in [0, 0.05) is 52.4 Å². The highest BCUT2D eigenvalue weighted by Gasteiger charge is 2.29. The van der Waals surface area contributed by atoms with Gasteiger partial charge in [0.15, 0.2) is 0 Å². The third-order valence-electron chi connectivity index (χ3n) is 5.89. The Kier molecular flexibility index (Phi) is 9.67. The smallest absolute Gasteiger partial charge is 0.316 e. The molecule has 0 atom stereocenters. The molecule has 0 aromatic heterocycles. The summed E-state index contributed by atoms with van der Waals surface area (Å²) in [5.41, 5.74) is 0.631. The molecule has 1 aromatic rings. The molecule has 4 amide bonds. The summed E-state index contributed by atoms with van der Waals surface area (Å²) in [6.07, 6.45) is 2.97. The molecule has 8 heteroatoms. The van der Waals surface area contributed by atoms with Gasteiger partial charge < -0.3 is 30.6 Å². The van der Waals surface area contributed by atoms with Crippen LogP contribution in [0.4, 0.5) is 9.59 Å². The summed E-state index contributed by atoms with van der Waals surface area (Å²) in [6, 6.07) is 3.07. The number of hydrogen-bond donors (Lipinski definition) is 4. The number of nitrogens with zero attached hydrogens (tertiary/aromatic N) is 2. The first-order chi connectivity index (χ1) is 14.7. The zero-order chi connectivity index (χ0) is 24.7. The zero-order valence-corrected chi connectivity index (χ0v) is 21.0. The minimum atomic E-state index is -0.371. The molecule has 0 aliphatic carbocycles. The molecule has 0 aliphatic rings. The first-order valence-electron chi connectivity index (χ1n) is 11.2. The summed E-state index contributed by atoms with van der Waals surface area (Å²) < 4.78 is 0. The Morgan fingerprint density at radius 3 is 1.34 bits per heavy atom. The SMILES string of the molecule is CN(C)C(=O)NCCCC(C)(C)c1cc(O)c(C(C)(C)CCCNC(=O)N(C)C)cc1O. The van der Waals surface area contributed by atoms with E-state index in [2.05, 4.69) is 10.6 Å². The van der Waals surface area contributed by atoms with Crippen molar-refractivity contribution in [2.75, 3.05) is 41.3 Å². The van der Waals surface area contributed by atoms with E-state index in [1.54, 1.807) is 40.3 Å². The van der Waals surface area contributed by atoms with Crippen molar-refractivity contribution in [2.24, 2.45) is 0 Å². The predicted molar refractivity (Wildman–Crippen MR) is 128 cm³/mol. The van der Waals surface area contributed by atoms with Gasteiger partial charge in [-0.15, -0.1) is 0 Å². The Labute approximate surface area is 193 Å². The summed E-state index contributed by atoms with van der Waals surface area (Å²) in [7, 11) is 6.79. The van der Waals surface area contributed by atoms with Crippen LogP contribution in [0.3, 0.4) is 0 Å². The molecule has 0 aliphatic heterocycles. The molecule has 0 bridgehead atoms. The number of urea groups is 2. The molecule has 32 heavy (non-hydrogen) atoms. The number of benzene rings is 1. The molecule has 0 heterocycles. The molecule has 8 nitrogen and oxygen atoms in total. The van der Waals surface area contributed by atoms with E-state index in [4.69, 9.17) is 0 Å².